The van der Waals surface area contributed by atoms with Crippen LogP contribution in [0.3, 0.4) is 0 Å². The molecule has 1 aromatic carbocycles. The first kappa shape index (κ1) is 11.9. The molecule has 1 rings (SSSR count). The van der Waals surface area contributed by atoms with E-state index in [1.807, 2.05) is 19.0 Å². The largest absolute Gasteiger partial charge is 0.309 e. The smallest absolute Gasteiger partial charge is 0.164 e. The Balaban J connectivity index is 2.73. The van der Waals surface area contributed by atoms with E-state index in [4.69, 9.17) is 0 Å². The van der Waals surface area contributed by atoms with E-state index < -0.39 is 0 Å². The summed E-state index contributed by atoms with van der Waals surface area (Å²) in [5.41, 5.74) is 1.25. The van der Waals surface area contributed by atoms with Crippen LogP contribution in [0.4, 0.5) is 4.39 Å². The molecule has 1 aromatic rings. The molecule has 82 valence electrons. The Morgan fingerprint density at radius 2 is 2.00 bits per heavy atom. The van der Waals surface area contributed by atoms with Crippen LogP contribution in [0.5, 0.6) is 0 Å². The van der Waals surface area contributed by atoms with Gasteiger partial charge in [0.15, 0.2) is 5.78 Å². The van der Waals surface area contributed by atoms with Crippen molar-refractivity contribution < 1.29 is 9.18 Å². The zero-order valence-corrected chi connectivity index (χ0v) is 9.38. The average Bonchev–Trinajstić information content (AvgIpc) is 2.12. The maximum atomic E-state index is 13.0. The summed E-state index contributed by atoms with van der Waals surface area (Å²) in [6.45, 7) is 2.47. The zero-order chi connectivity index (χ0) is 11.4. The van der Waals surface area contributed by atoms with E-state index in [0.717, 1.165) is 5.56 Å². The lowest BCUT2D eigenvalue weighted by atomic mass is 10.1. The van der Waals surface area contributed by atoms with Crippen molar-refractivity contribution in [1.82, 2.24) is 4.90 Å². The highest BCUT2D eigenvalue weighted by Crippen LogP contribution is 2.10. The number of Topliss-reactive ketones (excluding diaryl/α,β-unsaturated/α-hetero) is 1. The number of aryl methyl sites for hydroxylation is 1. The third-order valence-electron chi connectivity index (χ3n) is 2.15. The Morgan fingerprint density at radius 1 is 1.33 bits per heavy atom. The van der Waals surface area contributed by atoms with Gasteiger partial charge in [0, 0.05) is 18.5 Å². The molecule has 0 radical (unpaired) electrons. The van der Waals surface area contributed by atoms with Crippen LogP contribution < -0.4 is 0 Å². The molecule has 0 saturated heterocycles. The maximum Gasteiger partial charge on any atom is 0.164 e. The minimum Gasteiger partial charge on any atom is -0.309 e. The van der Waals surface area contributed by atoms with Gasteiger partial charge in [0.1, 0.15) is 5.82 Å². The van der Waals surface area contributed by atoms with Crippen LogP contribution in [0.1, 0.15) is 22.3 Å². The number of ketones is 1. The summed E-state index contributed by atoms with van der Waals surface area (Å²) in [4.78, 5) is 13.6. The molecule has 0 amide bonds. The average molecular weight is 209 g/mol. The SMILES string of the molecule is Cc1cc(F)cc(C(=O)CCN(C)C)c1. The molecule has 0 aliphatic rings. The molecule has 0 unspecified atom stereocenters. The van der Waals surface area contributed by atoms with Crippen LogP contribution in [0.15, 0.2) is 18.2 Å². The van der Waals surface area contributed by atoms with Crippen LogP contribution >= 0.6 is 0 Å². The van der Waals surface area contributed by atoms with Crippen molar-refractivity contribution in [1.29, 1.82) is 0 Å². The zero-order valence-electron chi connectivity index (χ0n) is 9.38. The fourth-order valence-electron chi connectivity index (χ4n) is 1.37. The summed E-state index contributed by atoms with van der Waals surface area (Å²) < 4.78 is 13.0. The second-order valence-electron chi connectivity index (χ2n) is 3.99. The molecule has 0 fully saturated rings. The van der Waals surface area contributed by atoms with E-state index in [-0.39, 0.29) is 11.6 Å². The van der Waals surface area contributed by atoms with Crippen molar-refractivity contribution in [2.75, 3.05) is 20.6 Å². The highest BCUT2D eigenvalue weighted by Gasteiger charge is 2.08. The Hall–Kier alpha value is -1.22. The van der Waals surface area contributed by atoms with Gasteiger partial charge in [0.25, 0.3) is 0 Å². The first-order chi connectivity index (χ1) is 6.99. The van der Waals surface area contributed by atoms with Crippen LogP contribution in [0.2, 0.25) is 0 Å². The molecule has 0 spiro atoms. The molecule has 15 heavy (non-hydrogen) atoms. The van der Waals surface area contributed by atoms with Gasteiger partial charge < -0.3 is 4.90 Å². The highest BCUT2D eigenvalue weighted by atomic mass is 19.1. The fraction of sp³-hybridized carbons (Fsp3) is 0.417. The topological polar surface area (TPSA) is 20.3 Å². The van der Waals surface area contributed by atoms with Crippen molar-refractivity contribution in [2.45, 2.75) is 13.3 Å². The van der Waals surface area contributed by atoms with Gasteiger partial charge in [0.2, 0.25) is 0 Å². The second-order valence-corrected chi connectivity index (χ2v) is 3.99. The van der Waals surface area contributed by atoms with E-state index in [2.05, 4.69) is 0 Å². The second kappa shape index (κ2) is 5.03. The van der Waals surface area contributed by atoms with Gasteiger partial charge in [-0.15, -0.1) is 0 Å². The van der Waals surface area contributed by atoms with Gasteiger partial charge in [-0.25, -0.2) is 4.39 Å². The predicted molar refractivity (Wildman–Crippen MR) is 58.6 cm³/mol. The van der Waals surface area contributed by atoms with E-state index in [9.17, 15) is 9.18 Å². The summed E-state index contributed by atoms with van der Waals surface area (Å²) in [6.07, 6.45) is 0.426. The summed E-state index contributed by atoms with van der Waals surface area (Å²) in [7, 11) is 3.81. The molecule has 2 nitrogen and oxygen atoms in total. The lowest BCUT2D eigenvalue weighted by Gasteiger charge is -2.08. The number of nitrogens with zero attached hydrogens (tertiary/aromatic N) is 1. The molecular formula is C12H16FNO. The van der Waals surface area contributed by atoms with E-state index >= 15 is 0 Å². The summed E-state index contributed by atoms with van der Waals surface area (Å²) in [5.74, 6) is -0.352. The Labute approximate surface area is 89.7 Å². The molecule has 0 aromatic heterocycles. The molecule has 0 N–H and O–H groups in total. The molecule has 0 aliphatic carbocycles. The number of halogens is 1. The molecule has 0 saturated carbocycles. The fourth-order valence-corrected chi connectivity index (χ4v) is 1.37. The van der Waals surface area contributed by atoms with E-state index in [0.29, 0.717) is 18.5 Å². The number of benzene rings is 1. The lowest BCUT2D eigenvalue weighted by molar-refractivity contribution is 0.0972. The number of carbonyl (C=O) groups excluding carboxylic acids is 1. The first-order valence-electron chi connectivity index (χ1n) is 4.94. The lowest BCUT2D eigenvalue weighted by Crippen LogP contribution is -2.16. The Morgan fingerprint density at radius 3 is 2.53 bits per heavy atom. The van der Waals surface area contributed by atoms with Crippen LogP contribution in [0, 0.1) is 12.7 Å². The van der Waals surface area contributed by atoms with E-state index in [1.165, 1.54) is 12.1 Å². The molecule has 0 atom stereocenters. The maximum absolute atomic E-state index is 13.0. The van der Waals surface area contributed by atoms with Crippen molar-refractivity contribution in [2.24, 2.45) is 0 Å². The van der Waals surface area contributed by atoms with Gasteiger partial charge in [-0.2, -0.15) is 0 Å². The predicted octanol–water partition coefficient (Wildman–Crippen LogP) is 2.27. The first-order valence-corrected chi connectivity index (χ1v) is 4.94. The van der Waals surface area contributed by atoms with Gasteiger partial charge >= 0.3 is 0 Å². The van der Waals surface area contributed by atoms with Crippen LogP contribution in [0.25, 0.3) is 0 Å². The minimum atomic E-state index is -0.344. The van der Waals surface area contributed by atoms with Crippen LogP contribution in [-0.2, 0) is 0 Å². The monoisotopic (exact) mass is 209 g/mol. The van der Waals surface area contributed by atoms with Crippen molar-refractivity contribution in [3.8, 4) is 0 Å². The van der Waals surface area contributed by atoms with Crippen molar-refractivity contribution >= 4 is 5.78 Å². The third kappa shape index (κ3) is 3.80. The third-order valence-corrected chi connectivity index (χ3v) is 2.15. The van der Waals surface area contributed by atoms with Crippen molar-refractivity contribution in [3.63, 3.8) is 0 Å². The van der Waals surface area contributed by atoms with Gasteiger partial charge in [-0.1, -0.05) is 0 Å². The number of hydrogen-bond donors (Lipinski definition) is 0. The standard InChI is InChI=1S/C12H16FNO/c1-9-6-10(8-11(13)7-9)12(15)4-5-14(2)3/h6-8H,4-5H2,1-3H3. The van der Waals surface area contributed by atoms with Gasteiger partial charge in [-0.3, -0.25) is 4.79 Å². The molecule has 0 heterocycles. The quantitative estimate of drug-likeness (QED) is 0.709. The highest BCUT2D eigenvalue weighted by molar-refractivity contribution is 5.96. The molecular weight excluding hydrogens is 193 g/mol. The summed E-state index contributed by atoms with van der Waals surface area (Å²) >= 11 is 0. The minimum absolute atomic E-state index is 0.00806. The Kier molecular flexibility index (Phi) is 3.97. The Bertz CT molecular complexity index is 340. The summed E-state index contributed by atoms with van der Waals surface area (Å²) in [5, 5.41) is 0. The molecule has 0 bridgehead atoms. The summed E-state index contributed by atoms with van der Waals surface area (Å²) in [6, 6.07) is 4.44. The van der Waals surface area contributed by atoms with E-state index in [1.54, 1.807) is 13.0 Å². The number of hydrogen-bond acceptors (Lipinski definition) is 2. The molecule has 3 heteroatoms. The van der Waals surface area contributed by atoms with Crippen LogP contribution in [-0.4, -0.2) is 31.3 Å². The number of rotatable bonds is 4. The molecule has 0 aliphatic heterocycles. The van der Waals surface area contributed by atoms with Gasteiger partial charge in [-0.05, 0) is 44.8 Å². The number of carbonyl (C=O) groups is 1. The van der Waals surface area contributed by atoms with Gasteiger partial charge in [0.05, 0.1) is 0 Å². The van der Waals surface area contributed by atoms with Crippen molar-refractivity contribution in [3.05, 3.63) is 35.1 Å². The normalized spacial score (nSPS) is 10.7.